The number of nitrogens with one attached hydrogen (secondary N) is 1. The molecule has 2 amide bonds. The molecule has 1 N–H and O–H groups in total. The van der Waals surface area contributed by atoms with Crippen molar-refractivity contribution in [2.75, 3.05) is 11.9 Å². The molecule has 2 fully saturated rings. The fourth-order valence-corrected chi connectivity index (χ4v) is 4.61. The van der Waals surface area contributed by atoms with E-state index in [0.717, 1.165) is 0 Å². The third-order valence-corrected chi connectivity index (χ3v) is 5.76. The van der Waals surface area contributed by atoms with Crippen molar-refractivity contribution in [3.63, 3.8) is 0 Å². The van der Waals surface area contributed by atoms with Crippen molar-refractivity contribution in [2.45, 2.75) is 18.2 Å². The van der Waals surface area contributed by atoms with E-state index in [1.165, 1.54) is 11.3 Å². The maximum Gasteiger partial charge on any atom is 0.233 e. The van der Waals surface area contributed by atoms with Gasteiger partial charge in [0.15, 0.2) is 5.13 Å². The lowest BCUT2D eigenvalue weighted by molar-refractivity contribution is -0.136. The highest BCUT2D eigenvalue weighted by Gasteiger charge is 2.66. The first kappa shape index (κ1) is 14.9. The van der Waals surface area contributed by atoms with E-state index >= 15 is 0 Å². The number of fused-ring (bicyclic) bond motifs is 1. The van der Waals surface area contributed by atoms with Gasteiger partial charge < -0.3 is 19.4 Å². The van der Waals surface area contributed by atoms with E-state index in [4.69, 9.17) is 9.15 Å². The quantitative estimate of drug-likeness (QED) is 0.841. The molecule has 0 aromatic carbocycles. The average Bonchev–Trinajstić information content (AvgIpc) is 3.37. The predicted molar refractivity (Wildman–Crippen MR) is 88.6 cm³/mol. The molecule has 2 unspecified atom stereocenters. The summed E-state index contributed by atoms with van der Waals surface area (Å²) in [5.74, 6) is -0.612. The number of carbonyl (C=O) groups excluding carboxylic acids is 2. The number of hydrogen-bond acceptors (Lipinski definition) is 6. The van der Waals surface area contributed by atoms with Gasteiger partial charge in [0.05, 0.1) is 37.3 Å². The number of rotatable bonds is 4. The van der Waals surface area contributed by atoms with Crippen LogP contribution in [0.25, 0.3) is 0 Å². The monoisotopic (exact) mass is 357 g/mol. The van der Waals surface area contributed by atoms with Crippen LogP contribution < -0.4 is 5.32 Å². The first-order valence-electron chi connectivity index (χ1n) is 8.05. The number of amides is 2. The van der Waals surface area contributed by atoms with Crippen molar-refractivity contribution in [1.29, 1.82) is 0 Å². The van der Waals surface area contributed by atoms with Crippen molar-refractivity contribution in [3.05, 3.63) is 47.9 Å². The van der Waals surface area contributed by atoms with E-state index in [2.05, 4.69) is 10.3 Å². The number of carbonyl (C=O) groups is 2. The van der Waals surface area contributed by atoms with Crippen molar-refractivity contribution in [1.82, 2.24) is 9.88 Å². The molecule has 0 radical (unpaired) electrons. The van der Waals surface area contributed by atoms with Crippen LogP contribution in [0.15, 0.2) is 46.5 Å². The van der Waals surface area contributed by atoms with Crippen molar-refractivity contribution in [2.24, 2.45) is 11.8 Å². The molecule has 5 rings (SSSR count). The SMILES string of the molecule is O=C(Nc1nccs1)C1C2C(=O)N(Cc3ccco3)C[C@]23C=C[C@H]1O3. The third kappa shape index (κ3) is 2.17. The van der Waals surface area contributed by atoms with Crippen molar-refractivity contribution >= 4 is 28.3 Å². The maximum absolute atomic E-state index is 13.0. The highest BCUT2D eigenvalue weighted by Crippen LogP contribution is 2.52. The molecule has 3 aliphatic rings. The van der Waals surface area contributed by atoms with Crippen molar-refractivity contribution < 1.29 is 18.7 Å². The Labute approximate surface area is 147 Å². The summed E-state index contributed by atoms with van der Waals surface area (Å²) in [4.78, 5) is 31.5. The second-order valence-corrected chi connectivity index (χ2v) is 7.39. The standard InChI is InChI=1S/C17H15N3O4S/c21-14(19-16-18-5-7-25-16)12-11-3-4-17(24-11)9-20(15(22)13(12)17)8-10-2-1-6-23-10/h1-7,11-13H,8-9H2,(H,18,19,21)/t11-,12?,13?,17-/m1/s1. The molecule has 5 heterocycles. The minimum absolute atomic E-state index is 0.0671. The molecule has 0 saturated carbocycles. The van der Waals surface area contributed by atoms with Crippen LogP contribution in [0.2, 0.25) is 0 Å². The normalized spacial score (nSPS) is 32.4. The van der Waals surface area contributed by atoms with Crippen LogP contribution in [0.5, 0.6) is 0 Å². The van der Waals surface area contributed by atoms with E-state index in [9.17, 15) is 9.59 Å². The fourth-order valence-electron chi connectivity index (χ4n) is 4.08. The van der Waals surface area contributed by atoms with Gasteiger partial charge in [-0.3, -0.25) is 9.59 Å². The summed E-state index contributed by atoms with van der Waals surface area (Å²) in [6, 6.07) is 3.63. The zero-order chi connectivity index (χ0) is 17.0. The number of thiazole rings is 1. The van der Waals surface area contributed by atoms with Crippen LogP contribution in [-0.4, -0.2) is 39.9 Å². The first-order chi connectivity index (χ1) is 12.2. The molecule has 1 spiro atoms. The number of aromatic nitrogens is 1. The molecule has 7 nitrogen and oxygen atoms in total. The maximum atomic E-state index is 13.0. The van der Waals surface area contributed by atoms with E-state index in [1.54, 1.807) is 28.8 Å². The van der Waals surface area contributed by atoms with E-state index in [-0.39, 0.29) is 17.9 Å². The van der Waals surface area contributed by atoms with Crippen molar-refractivity contribution in [3.8, 4) is 0 Å². The van der Waals surface area contributed by atoms with Gasteiger partial charge in [0.2, 0.25) is 11.8 Å². The predicted octanol–water partition coefficient (Wildman–Crippen LogP) is 1.66. The topological polar surface area (TPSA) is 84.7 Å². The molecule has 2 saturated heterocycles. The third-order valence-electron chi connectivity index (χ3n) is 5.07. The zero-order valence-corrected chi connectivity index (χ0v) is 13.9. The summed E-state index contributed by atoms with van der Waals surface area (Å²) in [6.07, 6.45) is 6.69. The fraction of sp³-hybridized carbons (Fsp3) is 0.353. The summed E-state index contributed by atoms with van der Waals surface area (Å²) in [5, 5.41) is 5.13. The summed E-state index contributed by atoms with van der Waals surface area (Å²) in [5.41, 5.74) is -0.709. The highest BCUT2D eigenvalue weighted by molar-refractivity contribution is 7.13. The summed E-state index contributed by atoms with van der Waals surface area (Å²) >= 11 is 1.35. The number of nitrogens with zero attached hydrogens (tertiary/aromatic N) is 2. The molecule has 25 heavy (non-hydrogen) atoms. The summed E-state index contributed by atoms with van der Waals surface area (Å²) in [6.45, 7) is 0.817. The minimum Gasteiger partial charge on any atom is -0.467 e. The molecule has 3 aliphatic heterocycles. The Balaban J connectivity index is 1.41. The van der Waals surface area contributed by atoms with Gasteiger partial charge in [-0.1, -0.05) is 12.2 Å². The van der Waals surface area contributed by atoms with E-state index in [1.807, 2.05) is 18.2 Å². The van der Waals surface area contributed by atoms with Gasteiger partial charge >= 0.3 is 0 Å². The lowest BCUT2D eigenvalue weighted by Crippen LogP contribution is -2.41. The molecule has 0 aliphatic carbocycles. The molecular formula is C17H15N3O4S. The minimum atomic E-state index is -0.709. The van der Waals surface area contributed by atoms with Crippen LogP contribution in [0, 0.1) is 11.8 Å². The Bertz CT molecular complexity index is 847. The van der Waals surface area contributed by atoms with Gasteiger partial charge in [0, 0.05) is 11.6 Å². The molecular weight excluding hydrogens is 342 g/mol. The Kier molecular flexibility index (Phi) is 3.13. The average molecular weight is 357 g/mol. The highest BCUT2D eigenvalue weighted by atomic mass is 32.1. The van der Waals surface area contributed by atoms with Crippen LogP contribution >= 0.6 is 11.3 Å². The Morgan fingerprint density at radius 2 is 2.44 bits per heavy atom. The van der Waals surface area contributed by atoms with Crippen LogP contribution in [0.3, 0.4) is 0 Å². The Morgan fingerprint density at radius 1 is 1.52 bits per heavy atom. The first-order valence-corrected chi connectivity index (χ1v) is 8.93. The van der Waals surface area contributed by atoms with Gasteiger partial charge in [0.1, 0.15) is 11.4 Å². The molecule has 4 atom stereocenters. The molecule has 2 aromatic heterocycles. The molecule has 128 valence electrons. The van der Waals surface area contributed by atoms with Gasteiger partial charge in [-0.2, -0.15) is 0 Å². The van der Waals surface area contributed by atoms with Gasteiger partial charge in [-0.25, -0.2) is 4.98 Å². The Hall–Kier alpha value is -2.45. The van der Waals surface area contributed by atoms with Crippen LogP contribution in [0.1, 0.15) is 5.76 Å². The summed E-state index contributed by atoms with van der Waals surface area (Å²) in [7, 11) is 0. The van der Waals surface area contributed by atoms with Gasteiger partial charge in [0.25, 0.3) is 0 Å². The van der Waals surface area contributed by atoms with E-state index in [0.29, 0.717) is 24.0 Å². The van der Waals surface area contributed by atoms with E-state index < -0.39 is 17.4 Å². The van der Waals surface area contributed by atoms with Gasteiger partial charge in [-0.15, -0.1) is 11.3 Å². The lowest BCUT2D eigenvalue weighted by atomic mass is 9.77. The van der Waals surface area contributed by atoms with Gasteiger partial charge in [-0.05, 0) is 12.1 Å². The second kappa shape index (κ2) is 5.27. The summed E-state index contributed by atoms with van der Waals surface area (Å²) < 4.78 is 11.4. The number of likely N-dealkylation sites (tertiary alicyclic amines) is 1. The zero-order valence-electron chi connectivity index (χ0n) is 13.1. The molecule has 2 bridgehead atoms. The number of hydrogen-bond donors (Lipinski definition) is 1. The number of ether oxygens (including phenoxy) is 1. The molecule has 8 heteroatoms. The lowest BCUT2D eigenvalue weighted by Gasteiger charge is -2.23. The number of furan rings is 1. The second-order valence-electron chi connectivity index (χ2n) is 6.50. The number of anilines is 1. The van der Waals surface area contributed by atoms with Crippen LogP contribution in [0.4, 0.5) is 5.13 Å². The largest absolute Gasteiger partial charge is 0.467 e. The Morgan fingerprint density at radius 3 is 3.20 bits per heavy atom. The smallest absolute Gasteiger partial charge is 0.233 e. The molecule has 2 aromatic rings. The van der Waals surface area contributed by atoms with Crippen LogP contribution in [-0.2, 0) is 20.9 Å².